The maximum Gasteiger partial charge on any atom is 0.341 e. The predicted molar refractivity (Wildman–Crippen MR) is 76.4 cm³/mol. The highest BCUT2D eigenvalue weighted by Crippen LogP contribution is 2.45. The Morgan fingerprint density at radius 3 is 2.65 bits per heavy atom. The third kappa shape index (κ3) is 2.34. The van der Waals surface area contributed by atoms with E-state index in [0.29, 0.717) is 19.3 Å². The van der Waals surface area contributed by atoms with Crippen LogP contribution in [0.2, 0.25) is 0 Å². The number of hydrogen-bond acceptors (Lipinski definition) is 6. The highest BCUT2D eigenvalue weighted by atomic mass is 32.2. The zero-order chi connectivity index (χ0) is 16.9. The van der Waals surface area contributed by atoms with Crippen molar-refractivity contribution in [3.05, 3.63) is 17.4 Å². The van der Waals surface area contributed by atoms with E-state index in [1.54, 1.807) is 0 Å². The molecule has 8 nitrogen and oxygen atoms in total. The average molecular weight is 343 g/mol. The lowest BCUT2D eigenvalue weighted by atomic mass is 9.89. The first-order chi connectivity index (χ1) is 10.8. The van der Waals surface area contributed by atoms with Gasteiger partial charge in [-0.25, -0.2) is 13.2 Å². The molecule has 2 fully saturated rings. The highest BCUT2D eigenvalue weighted by Gasteiger charge is 2.55. The summed E-state index contributed by atoms with van der Waals surface area (Å²) in [7, 11) is -2.79. The molecule has 2 aliphatic rings. The van der Waals surface area contributed by atoms with Gasteiger partial charge < -0.3 is 14.3 Å². The fourth-order valence-corrected chi connectivity index (χ4v) is 5.47. The smallest absolute Gasteiger partial charge is 0.341 e. The molecule has 3 rings (SSSR count). The topological polar surface area (TPSA) is 114 Å². The van der Waals surface area contributed by atoms with Gasteiger partial charge in [-0.2, -0.15) is 4.31 Å². The number of aryl methyl sites for hydroxylation is 1. The minimum atomic E-state index is -3.99. The molecule has 0 aromatic carbocycles. The second kappa shape index (κ2) is 5.34. The largest absolute Gasteiger partial charge is 0.481 e. The molecule has 9 heteroatoms. The third-order valence-corrected chi connectivity index (χ3v) is 6.46. The summed E-state index contributed by atoms with van der Waals surface area (Å²) in [6, 6.07) is 0.247. The maximum atomic E-state index is 12.8. The first-order valence-corrected chi connectivity index (χ1v) is 8.66. The van der Waals surface area contributed by atoms with Crippen LogP contribution in [0.4, 0.5) is 0 Å². The van der Waals surface area contributed by atoms with Crippen molar-refractivity contribution in [1.82, 2.24) is 4.31 Å². The molecular formula is C14H17NO7S. The number of carboxylic acid groups (broad SMARTS) is 1. The number of ether oxygens (including phenoxy) is 1. The minimum Gasteiger partial charge on any atom is -0.481 e. The molecule has 1 aromatic heterocycles. The summed E-state index contributed by atoms with van der Waals surface area (Å²) in [4.78, 5) is 22.9. The SMILES string of the molecule is COC(=O)c1cc(S(=O)(=O)N2C3CCC2C(C(=O)O)C3)oc1C. The van der Waals surface area contributed by atoms with Gasteiger partial charge in [0, 0.05) is 18.2 Å². The van der Waals surface area contributed by atoms with Crippen LogP contribution < -0.4 is 0 Å². The fourth-order valence-electron chi connectivity index (χ4n) is 3.58. The number of aliphatic carboxylic acids is 1. The summed E-state index contributed by atoms with van der Waals surface area (Å²) in [6.07, 6.45) is 1.46. The van der Waals surface area contributed by atoms with E-state index in [-0.39, 0.29) is 22.5 Å². The van der Waals surface area contributed by atoms with Crippen LogP contribution in [-0.4, -0.2) is 49.0 Å². The summed E-state index contributed by atoms with van der Waals surface area (Å²) in [5.41, 5.74) is 0.0485. The molecule has 3 heterocycles. The van der Waals surface area contributed by atoms with Crippen LogP contribution in [0.1, 0.15) is 35.4 Å². The molecule has 1 aromatic rings. The van der Waals surface area contributed by atoms with Crippen molar-refractivity contribution in [3.63, 3.8) is 0 Å². The summed E-state index contributed by atoms with van der Waals surface area (Å²) in [5.74, 6) is -2.21. The Morgan fingerprint density at radius 1 is 1.39 bits per heavy atom. The van der Waals surface area contributed by atoms with Gasteiger partial charge in [0.2, 0.25) is 5.09 Å². The van der Waals surface area contributed by atoms with E-state index in [1.807, 2.05) is 0 Å². The number of carboxylic acids is 1. The Bertz CT molecular complexity index is 766. The van der Waals surface area contributed by atoms with Gasteiger partial charge in [0.1, 0.15) is 11.3 Å². The molecule has 3 unspecified atom stereocenters. The van der Waals surface area contributed by atoms with E-state index in [4.69, 9.17) is 4.42 Å². The Balaban J connectivity index is 1.97. The molecule has 2 saturated heterocycles. The van der Waals surface area contributed by atoms with Crippen LogP contribution in [0.5, 0.6) is 0 Å². The van der Waals surface area contributed by atoms with Crippen molar-refractivity contribution in [2.75, 3.05) is 7.11 Å². The molecule has 126 valence electrons. The van der Waals surface area contributed by atoms with Gasteiger partial charge in [-0.1, -0.05) is 0 Å². The Morgan fingerprint density at radius 2 is 2.09 bits per heavy atom. The summed E-state index contributed by atoms with van der Waals surface area (Å²) in [6.45, 7) is 1.48. The minimum absolute atomic E-state index is 0.0485. The van der Waals surface area contributed by atoms with E-state index >= 15 is 0 Å². The number of rotatable bonds is 4. The molecule has 0 radical (unpaired) electrons. The van der Waals surface area contributed by atoms with Crippen LogP contribution in [-0.2, 0) is 19.6 Å². The number of carbonyl (C=O) groups is 2. The fraction of sp³-hybridized carbons (Fsp3) is 0.571. The number of hydrogen-bond donors (Lipinski definition) is 1. The van der Waals surface area contributed by atoms with E-state index in [0.717, 1.165) is 6.07 Å². The Labute approximate surface area is 133 Å². The van der Waals surface area contributed by atoms with Gasteiger partial charge in [-0.15, -0.1) is 0 Å². The zero-order valence-electron chi connectivity index (χ0n) is 12.7. The van der Waals surface area contributed by atoms with Crippen molar-refractivity contribution in [2.45, 2.75) is 43.4 Å². The summed E-state index contributed by atoms with van der Waals surface area (Å²) < 4.78 is 36.7. The number of carbonyl (C=O) groups excluding carboxylic acids is 1. The zero-order valence-corrected chi connectivity index (χ0v) is 13.5. The first-order valence-electron chi connectivity index (χ1n) is 7.22. The summed E-state index contributed by atoms with van der Waals surface area (Å²) >= 11 is 0. The molecule has 1 N–H and O–H groups in total. The molecule has 23 heavy (non-hydrogen) atoms. The lowest BCUT2D eigenvalue weighted by Gasteiger charge is -2.20. The highest BCUT2D eigenvalue weighted by molar-refractivity contribution is 7.89. The second-order valence-electron chi connectivity index (χ2n) is 5.84. The monoisotopic (exact) mass is 343 g/mol. The van der Waals surface area contributed by atoms with Crippen LogP contribution in [0, 0.1) is 12.8 Å². The van der Waals surface area contributed by atoms with Gasteiger partial charge in [0.25, 0.3) is 10.0 Å². The van der Waals surface area contributed by atoms with Gasteiger partial charge in [0.15, 0.2) is 0 Å². The van der Waals surface area contributed by atoms with Gasteiger partial charge in [0.05, 0.1) is 13.0 Å². The number of methoxy groups -OCH3 is 1. The van der Waals surface area contributed by atoms with E-state index in [1.165, 1.54) is 18.3 Å². The van der Waals surface area contributed by atoms with Crippen LogP contribution in [0.15, 0.2) is 15.6 Å². The predicted octanol–water partition coefficient (Wildman–Crippen LogP) is 1.00. The molecule has 0 amide bonds. The van der Waals surface area contributed by atoms with Crippen molar-refractivity contribution in [2.24, 2.45) is 5.92 Å². The van der Waals surface area contributed by atoms with Gasteiger partial charge in [-0.05, 0) is 26.2 Å². The van der Waals surface area contributed by atoms with E-state index in [9.17, 15) is 23.1 Å². The molecule has 3 atom stereocenters. The van der Waals surface area contributed by atoms with Gasteiger partial charge >= 0.3 is 11.9 Å². The van der Waals surface area contributed by atoms with E-state index < -0.39 is 33.9 Å². The molecule has 0 saturated carbocycles. The number of esters is 1. The molecule has 0 aliphatic carbocycles. The van der Waals surface area contributed by atoms with Crippen molar-refractivity contribution in [3.8, 4) is 0 Å². The number of sulfonamides is 1. The number of fused-ring (bicyclic) bond motifs is 2. The van der Waals surface area contributed by atoms with Crippen LogP contribution >= 0.6 is 0 Å². The Hall–Kier alpha value is -1.87. The van der Waals surface area contributed by atoms with Gasteiger partial charge in [-0.3, -0.25) is 4.79 Å². The lowest BCUT2D eigenvalue weighted by Crippen LogP contribution is -2.37. The van der Waals surface area contributed by atoms with Crippen molar-refractivity contribution < 1.29 is 32.3 Å². The van der Waals surface area contributed by atoms with Crippen molar-refractivity contribution in [1.29, 1.82) is 0 Å². The summed E-state index contributed by atoms with van der Waals surface area (Å²) in [5, 5.41) is 8.89. The molecular weight excluding hydrogens is 326 g/mol. The molecule has 2 bridgehead atoms. The number of nitrogens with zero attached hydrogens (tertiary/aromatic N) is 1. The standard InChI is InChI=1S/C14H17NO7S/c1-7-9(14(18)21-2)6-12(22-7)23(19,20)15-8-3-4-11(15)10(5-8)13(16)17/h6,8,10-11H,3-5H2,1-2H3,(H,16,17). The second-order valence-corrected chi connectivity index (χ2v) is 7.61. The lowest BCUT2D eigenvalue weighted by molar-refractivity contribution is -0.142. The normalized spacial score (nSPS) is 27.3. The van der Waals surface area contributed by atoms with Crippen LogP contribution in [0.25, 0.3) is 0 Å². The molecule has 0 spiro atoms. The van der Waals surface area contributed by atoms with Crippen molar-refractivity contribution >= 4 is 22.0 Å². The third-order valence-electron chi connectivity index (χ3n) is 4.62. The quantitative estimate of drug-likeness (QED) is 0.811. The first kappa shape index (κ1) is 16.0. The number of furan rings is 1. The maximum absolute atomic E-state index is 12.8. The van der Waals surface area contributed by atoms with E-state index in [2.05, 4.69) is 4.74 Å². The van der Waals surface area contributed by atoms with Crippen LogP contribution in [0.3, 0.4) is 0 Å². The average Bonchev–Trinajstić information content (AvgIpc) is 3.18. The molecule has 2 aliphatic heterocycles. The Kier molecular flexibility index (Phi) is 3.72.